The molecule has 3 aromatic rings. The van der Waals surface area contributed by atoms with Gasteiger partial charge in [0, 0.05) is 36.3 Å². The fourth-order valence-electron chi connectivity index (χ4n) is 4.16. The first-order valence-corrected chi connectivity index (χ1v) is 10.1. The minimum absolute atomic E-state index is 0.114. The molecule has 2 heterocycles. The van der Waals surface area contributed by atoms with Crippen molar-refractivity contribution in [3.05, 3.63) is 83.6 Å². The lowest BCUT2D eigenvalue weighted by Gasteiger charge is -2.30. The highest BCUT2D eigenvalue weighted by atomic mass is 16.1. The first-order chi connectivity index (χ1) is 13.6. The molecule has 3 nitrogen and oxygen atoms in total. The van der Waals surface area contributed by atoms with Crippen LogP contribution in [0.15, 0.2) is 66.9 Å². The molecule has 0 atom stereocenters. The van der Waals surface area contributed by atoms with E-state index < -0.39 is 0 Å². The molecule has 0 spiro atoms. The number of hydrogen-bond donors (Lipinski definition) is 0. The van der Waals surface area contributed by atoms with Gasteiger partial charge in [-0.3, -0.25) is 9.69 Å². The second-order valence-corrected chi connectivity index (χ2v) is 8.00. The minimum Gasteiger partial charge on any atom is -0.350 e. The van der Waals surface area contributed by atoms with Gasteiger partial charge in [-0.05, 0) is 62.5 Å². The zero-order valence-electron chi connectivity index (χ0n) is 16.8. The normalized spacial score (nSPS) is 16.2. The molecule has 0 N–H and O–H groups in total. The van der Waals surface area contributed by atoms with Crippen molar-refractivity contribution in [2.24, 2.45) is 13.0 Å². The number of nitrogens with zero attached hydrogens (tertiary/aromatic N) is 2. The molecule has 4 rings (SSSR count). The Morgan fingerprint density at radius 3 is 2.61 bits per heavy atom. The molecule has 1 aromatic heterocycles. The van der Waals surface area contributed by atoms with Gasteiger partial charge >= 0.3 is 0 Å². The Morgan fingerprint density at radius 1 is 1.11 bits per heavy atom. The maximum atomic E-state index is 12.8. The van der Waals surface area contributed by atoms with Crippen molar-refractivity contribution < 1.29 is 4.79 Å². The SMILES string of the molecule is Cc1ccc2c(c1)c(C(=O)/C=C/C1CCN(Cc3ccccc3)CC1)cn2C. The van der Waals surface area contributed by atoms with Gasteiger partial charge in [0.15, 0.2) is 5.78 Å². The van der Waals surface area contributed by atoms with Gasteiger partial charge < -0.3 is 4.57 Å². The molecule has 28 heavy (non-hydrogen) atoms. The molecule has 0 aliphatic carbocycles. The van der Waals surface area contributed by atoms with Crippen LogP contribution in [-0.4, -0.2) is 28.3 Å². The molecular weight excluding hydrogens is 344 g/mol. The molecule has 0 bridgehead atoms. The van der Waals surface area contributed by atoms with Crippen LogP contribution in [0, 0.1) is 12.8 Å². The third-order valence-corrected chi connectivity index (χ3v) is 5.81. The van der Waals surface area contributed by atoms with Crippen molar-refractivity contribution in [1.82, 2.24) is 9.47 Å². The molecule has 0 saturated carbocycles. The van der Waals surface area contributed by atoms with Crippen molar-refractivity contribution in [2.45, 2.75) is 26.3 Å². The number of aryl methyl sites for hydroxylation is 2. The molecule has 1 saturated heterocycles. The van der Waals surface area contributed by atoms with Gasteiger partial charge in [-0.15, -0.1) is 0 Å². The van der Waals surface area contributed by atoms with E-state index >= 15 is 0 Å². The second kappa shape index (κ2) is 8.15. The Kier molecular flexibility index (Phi) is 5.45. The lowest BCUT2D eigenvalue weighted by molar-refractivity contribution is 0.104. The summed E-state index contributed by atoms with van der Waals surface area (Å²) in [4.78, 5) is 15.3. The van der Waals surface area contributed by atoms with Crippen molar-refractivity contribution in [2.75, 3.05) is 13.1 Å². The Bertz CT molecular complexity index is 992. The molecule has 1 fully saturated rings. The monoisotopic (exact) mass is 372 g/mol. The van der Waals surface area contributed by atoms with E-state index in [0.29, 0.717) is 5.92 Å². The molecule has 1 aliphatic rings. The average molecular weight is 373 g/mol. The lowest BCUT2D eigenvalue weighted by atomic mass is 9.95. The van der Waals surface area contributed by atoms with Crippen molar-refractivity contribution in [3.8, 4) is 0 Å². The summed E-state index contributed by atoms with van der Waals surface area (Å²) in [5, 5.41) is 1.05. The number of carbonyl (C=O) groups is 1. The number of fused-ring (bicyclic) bond motifs is 1. The van der Waals surface area contributed by atoms with E-state index in [-0.39, 0.29) is 5.78 Å². The van der Waals surface area contributed by atoms with Gasteiger partial charge in [0.25, 0.3) is 0 Å². The Hall–Kier alpha value is -2.65. The number of ketones is 1. The highest BCUT2D eigenvalue weighted by molar-refractivity contribution is 6.13. The zero-order chi connectivity index (χ0) is 19.5. The van der Waals surface area contributed by atoms with Crippen molar-refractivity contribution in [3.63, 3.8) is 0 Å². The smallest absolute Gasteiger partial charge is 0.187 e. The third kappa shape index (κ3) is 4.10. The van der Waals surface area contributed by atoms with Gasteiger partial charge in [-0.1, -0.05) is 48.0 Å². The fraction of sp³-hybridized carbons (Fsp3) is 0.320. The van der Waals surface area contributed by atoms with E-state index in [1.807, 2.05) is 17.8 Å². The van der Waals surface area contributed by atoms with E-state index in [4.69, 9.17) is 0 Å². The Labute approximate surface area is 167 Å². The Morgan fingerprint density at radius 2 is 1.86 bits per heavy atom. The summed E-state index contributed by atoms with van der Waals surface area (Å²) in [6, 6.07) is 16.9. The van der Waals surface area contributed by atoms with Gasteiger partial charge in [0.1, 0.15) is 0 Å². The van der Waals surface area contributed by atoms with E-state index in [1.54, 1.807) is 6.08 Å². The fourth-order valence-corrected chi connectivity index (χ4v) is 4.16. The van der Waals surface area contributed by atoms with Crippen LogP contribution in [0.25, 0.3) is 10.9 Å². The minimum atomic E-state index is 0.114. The first kappa shape index (κ1) is 18.7. The van der Waals surface area contributed by atoms with Crippen LogP contribution in [0.3, 0.4) is 0 Å². The second-order valence-electron chi connectivity index (χ2n) is 8.00. The molecule has 1 aliphatic heterocycles. The van der Waals surface area contributed by atoms with Gasteiger partial charge in [0.2, 0.25) is 0 Å². The van der Waals surface area contributed by atoms with Crippen LogP contribution >= 0.6 is 0 Å². The van der Waals surface area contributed by atoms with E-state index in [0.717, 1.165) is 48.9 Å². The maximum Gasteiger partial charge on any atom is 0.187 e. The molecule has 3 heteroatoms. The first-order valence-electron chi connectivity index (χ1n) is 10.1. The largest absolute Gasteiger partial charge is 0.350 e. The predicted octanol–water partition coefficient (Wildman–Crippen LogP) is 5.14. The number of rotatable bonds is 5. The van der Waals surface area contributed by atoms with Gasteiger partial charge in [0.05, 0.1) is 0 Å². The van der Waals surface area contributed by atoms with Crippen LogP contribution in [0.5, 0.6) is 0 Å². The van der Waals surface area contributed by atoms with Crippen LogP contribution in [0.1, 0.15) is 34.3 Å². The summed E-state index contributed by atoms with van der Waals surface area (Å²) >= 11 is 0. The standard InChI is InChI=1S/C25H28N2O/c1-19-8-10-24-22(16-19)23(18-26(24)2)25(28)11-9-20-12-14-27(15-13-20)17-21-6-4-3-5-7-21/h3-11,16,18,20H,12-15,17H2,1-2H3/b11-9+. The summed E-state index contributed by atoms with van der Waals surface area (Å²) in [7, 11) is 2.00. The number of carbonyl (C=O) groups excluding carboxylic acids is 1. The molecular formula is C25H28N2O. The molecule has 0 unspecified atom stereocenters. The average Bonchev–Trinajstić information content (AvgIpc) is 3.04. The summed E-state index contributed by atoms with van der Waals surface area (Å²) in [6.45, 7) is 5.27. The summed E-state index contributed by atoms with van der Waals surface area (Å²) in [6.07, 6.45) is 8.13. The number of piperidine rings is 1. The van der Waals surface area contributed by atoms with Gasteiger partial charge in [-0.2, -0.15) is 0 Å². The highest BCUT2D eigenvalue weighted by Gasteiger charge is 2.18. The maximum absolute atomic E-state index is 12.8. The Balaban J connectivity index is 1.38. The van der Waals surface area contributed by atoms with Crippen LogP contribution in [0.4, 0.5) is 0 Å². The molecule has 2 aromatic carbocycles. The quantitative estimate of drug-likeness (QED) is 0.458. The topological polar surface area (TPSA) is 25.2 Å². The highest BCUT2D eigenvalue weighted by Crippen LogP contribution is 2.24. The summed E-state index contributed by atoms with van der Waals surface area (Å²) in [5.41, 5.74) is 4.47. The van der Waals surface area contributed by atoms with Crippen LogP contribution < -0.4 is 0 Å². The van der Waals surface area contributed by atoms with E-state index in [1.165, 1.54) is 11.1 Å². The van der Waals surface area contributed by atoms with Crippen LogP contribution in [-0.2, 0) is 13.6 Å². The number of aromatic nitrogens is 1. The summed E-state index contributed by atoms with van der Waals surface area (Å²) < 4.78 is 2.04. The number of allylic oxidation sites excluding steroid dienone is 2. The van der Waals surface area contributed by atoms with Gasteiger partial charge in [-0.25, -0.2) is 0 Å². The molecule has 144 valence electrons. The van der Waals surface area contributed by atoms with E-state index in [2.05, 4.69) is 66.4 Å². The summed E-state index contributed by atoms with van der Waals surface area (Å²) in [5.74, 6) is 0.607. The number of benzene rings is 2. The van der Waals surface area contributed by atoms with Crippen LogP contribution in [0.2, 0.25) is 0 Å². The number of likely N-dealkylation sites (tertiary alicyclic amines) is 1. The molecule has 0 radical (unpaired) electrons. The van der Waals surface area contributed by atoms with Crippen molar-refractivity contribution in [1.29, 1.82) is 0 Å². The zero-order valence-corrected chi connectivity index (χ0v) is 16.8. The molecule has 0 amide bonds. The third-order valence-electron chi connectivity index (χ3n) is 5.81. The predicted molar refractivity (Wildman–Crippen MR) is 116 cm³/mol. The van der Waals surface area contributed by atoms with E-state index in [9.17, 15) is 4.79 Å². The lowest BCUT2D eigenvalue weighted by Crippen LogP contribution is -2.32. The number of hydrogen-bond acceptors (Lipinski definition) is 2. The van der Waals surface area contributed by atoms with Crippen molar-refractivity contribution >= 4 is 16.7 Å².